The van der Waals surface area contributed by atoms with Crippen molar-refractivity contribution in [1.29, 1.82) is 0 Å². The number of ether oxygens (including phenoxy) is 4. The number of hydrogen-bond donors (Lipinski definition) is 0. The van der Waals surface area contributed by atoms with Gasteiger partial charge in [-0.15, -0.1) is 0 Å². The van der Waals surface area contributed by atoms with E-state index in [-0.39, 0.29) is 22.7 Å². The summed E-state index contributed by atoms with van der Waals surface area (Å²) in [4.78, 5) is 12.2. The summed E-state index contributed by atoms with van der Waals surface area (Å²) in [7, 11) is 1.39. The molecular weight excluding hydrogens is 394 g/mol. The fourth-order valence-electron chi connectivity index (χ4n) is 3.89. The molecule has 0 aromatic heterocycles. The lowest BCUT2D eigenvalue weighted by Crippen LogP contribution is -2.44. The standard InChI is InChI=1S/C23H24F2O5/c1-23(11-28-12-23)13-29-20-17(8-9-19(21(20)27-2)30-22(24)25)15-6-7-16-14(10-15)4-3-5-18(16)26/h6-10,22H,3-5,11-13H2,1-2H3. The first-order valence-electron chi connectivity index (χ1n) is 9.93. The molecule has 160 valence electrons. The Hall–Kier alpha value is -2.67. The molecule has 2 aliphatic rings. The molecule has 0 spiro atoms. The number of methoxy groups -OCH3 is 1. The maximum Gasteiger partial charge on any atom is 0.387 e. The van der Waals surface area contributed by atoms with Crippen LogP contribution in [0.25, 0.3) is 11.1 Å². The van der Waals surface area contributed by atoms with E-state index in [1.165, 1.54) is 13.2 Å². The maximum atomic E-state index is 12.9. The van der Waals surface area contributed by atoms with Gasteiger partial charge < -0.3 is 18.9 Å². The number of carbonyl (C=O) groups is 1. The highest BCUT2D eigenvalue weighted by atomic mass is 19.3. The van der Waals surface area contributed by atoms with Crippen LogP contribution in [0.15, 0.2) is 30.3 Å². The second-order valence-corrected chi connectivity index (χ2v) is 8.09. The minimum atomic E-state index is -2.98. The van der Waals surface area contributed by atoms with Gasteiger partial charge >= 0.3 is 6.61 Å². The Kier molecular flexibility index (Phi) is 5.64. The third kappa shape index (κ3) is 3.99. The van der Waals surface area contributed by atoms with Gasteiger partial charge in [0.25, 0.3) is 0 Å². The minimum Gasteiger partial charge on any atom is -0.490 e. The smallest absolute Gasteiger partial charge is 0.387 e. The summed E-state index contributed by atoms with van der Waals surface area (Å²) in [6, 6.07) is 8.78. The molecule has 4 rings (SSSR count). The highest BCUT2D eigenvalue weighted by Gasteiger charge is 2.35. The summed E-state index contributed by atoms with van der Waals surface area (Å²) in [5, 5.41) is 0. The Morgan fingerprint density at radius 2 is 1.87 bits per heavy atom. The van der Waals surface area contributed by atoms with Crippen LogP contribution in [0.3, 0.4) is 0 Å². The summed E-state index contributed by atoms with van der Waals surface area (Å²) >= 11 is 0. The first-order chi connectivity index (χ1) is 14.4. The van der Waals surface area contributed by atoms with Crippen molar-refractivity contribution in [2.45, 2.75) is 32.8 Å². The number of Topliss-reactive ketones (excluding diaryl/α,β-unsaturated/α-hetero) is 1. The third-order valence-corrected chi connectivity index (χ3v) is 5.53. The third-order valence-electron chi connectivity index (χ3n) is 5.53. The molecule has 0 N–H and O–H groups in total. The molecule has 1 aliphatic carbocycles. The highest BCUT2D eigenvalue weighted by molar-refractivity contribution is 5.99. The summed E-state index contributed by atoms with van der Waals surface area (Å²) < 4.78 is 47.2. The molecule has 1 saturated heterocycles. The number of rotatable bonds is 7. The normalized spacial score (nSPS) is 17.3. The largest absolute Gasteiger partial charge is 0.490 e. The zero-order valence-electron chi connectivity index (χ0n) is 17.0. The summed E-state index contributed by atoms with van der Waals surface area (Å²) in [6.45, 7) is 0.535. The van der Waals surface area contributed by atoms with E-state index in [0.717, 1.165) is 29.5 Å². The lowest BCUT2D eigenvalue weighted by molar-refractivity contribution is -0.120. The van der Waals surface area contributed by atoms with Gasteiger partial charge in [0.05, 0.1) is 26.9 Å². The zero-order chi connectivity index (χ0) is 21.3. The highest BCUT2D eigenvalue weighted by Crippen LogP contribution is 2.46. The Morgan fingerprint density at radius 1 is 1.10 bits per heavy atom. The molecule has 1 aliphatic heterocycles. The second-order valence-electron chi connectivity index (χ2n) is 8.09. The van der Waals surface area contributed by atoms with Crippen molar-refractivity contribution in [3.63, 3.8) is 0 Å². The van der Waals surface area contributed by atoms with Crippen LogP contribution in [0.1, 0.15) is 35.7 Å². The van der Waals surface area contributed by atoms with Crippen LogP contribution in [0.5, 0.6) is 17.2 Å². The van der Waals surface area contributed by atoms with Gasteiger partial charge in [0.1, 0.15) is 0 Å². The van der Waals surface area contributed by atoms with Gasteiger partial charge in [0, 0.05) is 23.0 Å². The number of aryl methyl sites for hydroxylation is 1. The molecule has 0 saturated carbocycles. The monoisotopic (exact) mass is 418 g/mol. The molecule has 0 atom stereocenters. The van der Waals surface area contributed by atoms with Crippen LogP contribution >= 0.6 is 0 Å². The number of fused-ring (bicyclic) bond motifs is 1. The number of alkyl halides is 2. The molecule has 7 heteroatoms. The van der Waals surface area contributed by atoms with E-state index in [1.807, 2.05) is 25.1 Å². The van der Waals surface area contributed by atoms with Crippen molar-refractivity contribution < 1.29 is 32.5 Å². The first-order valence-corrected chi connectivity index (χ1v) is 9.93. The topological polar surface area (TPSA) is 54.0 Å². The molecular formula is C23H24F2O5. The number of carbonyl (C=O) groups excluding carboxylic acids is 1. The van der Waals surface area contributed by atoms with Gasteiger partial charge in [-0.1, -0.05) is 25.1 Å². The van der Waals surface area contributed by atoms with E-state index >= 15 is 0 Å². The second kappa shape index (κ2) is 8.22. The average Bonchev–Trinajstić information content (AvgIpc) is 2.70. The van der Waals surface area contributed by atoms with Crippen LogP contribution < -0.4 is 14.2 Å². The summed E-state index contributed by atoms with van der Waals surface area (Å²) in [6.07, 6.45) is 2.21. The van der Waals surface area contributed by atoms with Gasteiger partial charge in [-0.2, -0.15) is 8.78 Å². The number of benzene rings is 2. The Labute approximate surface area is 173 Å². The molecule has 0 bridgehead atoms. The van der Waals surface area contributed by atoms with E-state index in [9.17, 15) is 13.6 Å². The number of ketones is 1. The van der Waals surface area contributed by atoms with Crippen molar-refractivity contribution >= 4 is 5.78 Å². The van der Waals surface area contributed by atoms with Crippen molar-refractivity contribution in [1.82, 2.24) is 0 Å². The molecule has 0 radical (unpaired) electrons. The Bertz CT molecular complexity index is 953. The quantitative estimate of drug-likeness (QED) is 0.640. The molecule has 5 nitrogen and oxygen atoms in total. The fourth-order valence-corrected chi connectivity index (χ4v) is 3.89. The lowest BCUT2D eigenvalue weighted by atomic mass is 9.88. The first kappa shape index (κ1) is 20.6. The molecule has 2 aromatic carbocycles. The average molecular weight is 418 g/mol. The SMILES string of the molecule is COc1c(OC(F)F)ccc(-c2ccc3c(c2)CCCC3=O)c1OCC1(C)COC1. The van der Waals surface area contributed by atoms with Crippen LogP contribution in [-0.4, -0.2) is 39.3 Å². The molecule has 0 unspecified atom stereocenters. The van der Waals surface area contributed by atoms with E-state index in [1.54, 1.807) is 6.07 Å². The van der Waals surface area contributed by atoms with E-state index in [0.29, 0.717) is 37.6 Å². The van der Waals surface area contributed by atoms with E-state index < -0.39 is 6.61 Å². The predicted octanol–water partition coefficient (Wildman–Crippen LogP) is 4.90. The van der Waals surface area contributed by atoms with Crippen molar-refractivity contribution in [3.05, 3.63) is 41.5 Å². The van der Waals surface area contributed by atoms with Gasteiger partial charge in [-0.05, 0) is 36.1 Å². The van der Waals surface area contributed by atoms with Gasteiger partial charge in [-0.25, -0.2) is 0 Å². The molecule has 1 fully saturated rings. The van der Waals surface area contributed by atoms with Crippen LogP contribution in [-0.2, 0) is 11.2 Å². The maximum absolute atomic E-state index is 12.9. The lowest BCUT2D eigenvalue weighted by Gasteiger charge is -2.37. The van der Waals surface area contributed by atoms with Gasteiger partial charge in [0.2, 0.25) is 5.75 Å². The van der Waals surface area contributed by atoms with Crippen molar-refractivity contribution in [2.75, 3.05) is 26.9 Å². The molecule has 0 amide bonds. The zero-order valence-corrected chi connectivity index (χ0v) is 17.0. The Morgan fingerprint density at radius 3 is 2.53 bits per heavy atom. The van der Waals surface area contributed by atoms with Crippen molar-refractivity contribution in [3.8, 4) is 28.4 Å². The van der Waals surface area contributed by atoms with Gasteiger partial charge in [0.15, 0.2) is 17.3 Å². The molecule has 30 heavy (non-hydrogen) atoms. The van der Waals surface area contributed by atoms with E-state index in [2.05, 4.69) is 4.74 Å². The minimum absolute atomic E-state index is 0.0885. The van der Waals surface area contributed by atoms with Crippen LogP contribution in [0.2, 0.25) is 0 Å². The van der Waals surface area contributed by atoms with E-state index in [4.69, 9.17) is 14.2 Å². The number of hydrogen-bond acceptors (Lipinski definition) is 5. The molecule has 2 aromatic rings. The van der Waals surface area contributed by atoms with Crippen molar-refractivity contribution in [2.24, 2.45) is 5.41 Å². The summed E-state index contributed by atoms with van der Waals surface area (Å²) in [5.41, 5.74) is 3.11. The van der Waals surface area contributed by atoms with Gasteiger partial charge in [-0.3, -0.25) is 4.79 Å². The predicted molar refractivity (Wildman–Crippen MR) is 107 cm³/mol. The Balaban J connectivity index is 1.76. The van der Waals surface area contributed by atoms with Crippen LogP contribution in [0, 0.1) is 5.41 Å². The summed E-state index contributed by atoms with van der Waals surface area (Å²) in [5.74, 6) is 0.515. The molecule has 1 heterocycles. The number of halogens is 2. The van der Waals surface area contributed by atoms with Crippen LogP contribution in [0.4, 0.5) is 8.78 Å². The fraction of sp³-hybridized carbons (Fsp3) is 0.435.